The number of nitrogens with zero attached hydrogens (tertiary/aromatic N) is 3. The number of thiophene rings is 1. The molecule has 0 amide bonds. The molecule has 0 N–H and O–H groups in total. The number of esters is 1. The molecule has 0 unspecified atom stereocenters. The van der Waals surface area contributed by atoms with E-state index in [0.29, 0.717) is 11.4 Å². The Labute approximate surface area is 171 Å². The Morgan fingerprint density at radius 1 is 1.14 bits per heavy atom. The number of halogens is 1. The third-order valence-corrected chi connectivity index (χ3v) is 5.64. The molecule has 5 nitrogen and oxygen atoms in total. The molecule has 7 heteroatoms. The maximum absolute atomic E-state index is 12.4. The van der Waals surface area contributed by atoms with Crippen LogP contribution in [0.4, 0.5) is 0 Å². The highest BCUT2D eigenvalue weighted by molar-refractivity contribution is 7.22. The van der Waals surface area contributed by atoms with Gasteiger partial charge in [0.25, 0.3) is 0 Å². The first-order chi connectivity index (χ1) is 13.7. The highest BCUT2D eigenvalue weighted by atomic mass is 35.5. The summed E-state index contributed by atoms with van der Waals surface area (Å²) in [6.45, 7) is 2.05. The lowest BCUT2D eigenvalue weighted by atomic mass is 10.1. The van der Waals surface area contributed by atoms with Gasteiger partial charge in [0, 0.05) is 33.6 Å². The van der Waals surface area contributed by atoms with Gasteiger partial charge in [-0.15, -0.1) is 16.4 Å². The van der Waals surface area contributed by atoms with Gasteiger partial charge in [-0.05, 0) is 42.8 Å². The Balaban J connectivity index is 1.85. The fourth-order valence-electron chi connectivity index (χ4n) is 2.89. The van der Waals surface area contributed by atoms with Crippen molar-refractivity contribution in [2.75, 3.05) is 6.61 Å². The second-order valence-corrected chi connectivity index (χ2v) is 7.56. The van der Waals surface area contributed by atoms with E-state index in [1.54, 1.807) is 13.1 Å². The summed E-state index contributed by atoms with van der Waals surface area (Å²) in [7, 11) is 0. The summed E-state index contributed by atoms with van der Waals surface area (Å²) in [4.78, 5) is 17.8. The molecule has 0 aliphatic rings. The van der Waals surface area contributed by atoms with E-state index in [1.165, 1.54) is 11.3 Å². The summed E-state index contributed by atoms with van der Waals surface area (Å²) >= 11 is 7.51. The van der Waals surface area contributed by atoms with Crippen molar-refractivity contribution in [3.8, 4) is 10.4 Å². The second-order valence-electron chi connectivity index (χ2n) is 6.07. The third-order valence-electron chi connectivity index (χ3n) is 4.20. The summed E-state index contributed by atoms with van der Waals surface area (Å²) in [5.41, 5.74) is 2.93. The molecule has 0 aliphatic carbocycles. The number of hydrogen-bond donors (Lipinski definition) is 0. The minimum atomic E-state index is -0.464. The summed E-state index contributed by atoms with van der Waals surface area (Å²) in [5.74, 6) is -0.464. The molecule has 0 saturated carbocycles. The van der Waals surface area contributed by atoms with Crippen LogP contribution in [0.2, 0.25) is 5.02 Å². The minimum absolute atomic E-state index is 0.242. The number of pyridine rings is 1. The number of aromatic nitrogens is 3. The van der Waals surface area contributed by atoms with Crippen LogP contribution < -0.4 is 0 Å². The van der Waals surface area contributed by atoms with E-state index in [1.807, 2.05) is 48.5 Å². The topological polar surface area (TPSA) is 65.0 Å². The van der Waals surface area contributed by atoms with Crippen LogP contribution >= 0.6 is 22.9 Å². The number of hydrogen-bond acceptors (Lipinski definition) is 6. The number of fused-ring (bicyclic) bond motifs is 1. The van der Waals surface area contributed by atoms with Gasteiger partial charge in [-0.2, -0.15) is 5.10 Å². The van der Waals surface area contributed by atoms with Crippen molar-refractivity contribution in [3.05, 3.63) is 76.8 Å². The van der Waals surface area contributed by atoms with Crippen molar-refractivity contribution in [2.24, 2.45) is 0 Å². The van der Waals surface area contributed by atoms with Gasteiger partial charge in [-0.1, -0.05) is 29.8 Å². The Bertz CT molecular complexity index is 1130. The zero-order chi connectivity index (χ0) is 19.5. The fourth-order valence-corrected chi connectivity index (χ4v) is 4.17. The first kappa shape index (κ1) is 18.5. The smallest absolute Gasteiger partial charge is 0.360 e. The lowest BCUT2D eigenvalue weighted by Gasteiger charge is -2.05. The predicted molar refractivity (Wildman–Crippen MR) is 111 cm³/mol. The van der Waals surface area contributed by atoms with E-state index >= 15 is 0 Å². The Morgan fingerprint density at radius 2 is 1.96 bits per heavy atom. The summed E-state index contributed by atoms with van der Waals surface area (Å²) < 4.78 is 5.93. The van der Waals surface area contributed by atoms with E-state index in [0.717, 1.165) is 31.9 Å². The molecule has 3 heterocycles. The highest BCUT2D eigenvalue weighted by Gasteiger charge is 2.20. The molecular weight excluding hydrogens is 394 g/mol. The number of carbonyl (C=O) groups is 1. The maximum Gasteiger partial charge on any atom is 0.360 e. The van der Waals surface area contributed by atoms with Crippen LogP contribution in [0.3, 0.4) is 0 Å². The van der Waals surface area contributed by atoms with Crippen LogP contribution in [-0.4, -0.2) is 27.8 Å². The summed E-state index contributed by atoms with van der Waals surface area (Å²) in [6, 6.07) is 15.4. The lowest BCUT2D eigenvalue weighted by molar-refractivity contribution is 0.0521. The number of ether oxygens (including phenoxy) is 1. The monoisotopic (exact) mass is 409 g/mol. The molecule has 0 radical (unpaired) electrons. The van der Waals surface area contributed by atoms with Gasteiger partial charge in [-0.25, -0.2) is 4.79 Å². The Kier molecular flexibility index (Phi) is 5.32. The van der Waals surface area contributed by atoms with Gasteiger partial charge in [0.15, 0.2) is 5.69 Å². The van der Waals surface area contributed by atoms with Gasteiger partial charge >= 0.3 is 5.97 Å². The van der Waals surface area contributed by atoms with Gasteiger partial charge in [0.1, 0.15) is 0 Å². The molecule has 140 valence electrons. The molecular formula is C21H16ClN3O2S. The van der Waals surface area contributed by atoms with Gasteiger partial charge in [0.05, 0.1) is 17.0 Å². The summed E-state index contributed by atoms with van der Waals surface area (Å²) in [5, 5.41) is 10.1. The molecule has 0 bridgehead atoms. The minimum Gasteiger partial charge on any atom is -0.461 e. The quantitative estimate of drug-likeness (QED) is 0.425. The molecule has 0 aliphatic heterocycles. The normalized spacial score (nSPS) is 10.9. The molecule has 3 aromatic heterocycles. The van der Waals surface area contributed by atoms with Crippen LogP contribution in [0.25, 0.3) is 20.5 Å². The molecule has 4 aromatic rings. The van der Waals surface area contributed by atoms with Crippen molar-refractivity contribution < 1.29 is 9.53 Å². The lowest BCUT2D eigenvalue weighted by Crippen LogP contribution is -2.10. The van der Waals surface area contributed by atoms with Gasteiger partial charge in [0.2, 0.25) is 0 Å². The zero-order valence-electron chi connectivity index (χ0n) is 15.1. The molecule has 28 heavy (non-hydrogen) atoms. The third kappa shape index (κ3) is 3.74. The van der Waals surface area contributed by atoms with E-state index in [-0.39, 0.29) is 12.3 Å². The summed E-state index contributed by atoms with van der Waals surface area (Å²) in [6.07, 6.45) is 2.28. The molecule has 4 rings (SSSR count). The zero-order valence-corrected chi connectivity index (χ0v) is 16.6. The standard InChI is InChI=1S/C21H16ClN3O2S/c1-2-27-21(26)19-20-16(12-18(28-20)13-6-8-14(22)9-7-13)17(24-25-19)11-15-5-3-4-10-23-15/h3-10,12H,2,11H2,1H3. The van der Waals surface area contributed by atoms with E-state index in [9.17, 15) is 4.79 Å². The molecule has 0 atom stereocenters. The van der Waals surface area contributed by atoms with Gasteiger partial charge < -0.3 is 4.74 Å². The largest absolute Gasteiger partial charge is 0.461 e. The second kappa shape index (κ2) is 8.04. The Hall–Kier alpha value is -2.83. The van der Waals surface area contributed by atoms with Crippen molar-refractivity contribution in [1.82, 2.24) is 15.2 Å². The van der Waals surface area contributed by atoms with Crippen molar-refractivity contribution in [3.63, 3.8) is 0 Å². The van der Waals surface area contributed by atoms with Crippen molar-refractivity contribution in [1.29, 1.82) is 0 Å². The van der Waals surface area contributed by atoms with Crippen LogP contribution in [-0.2, 0) is 11.2 Å². The molecule has 1 aromatic carbocycles. The number of rotatable bonds is 5. The average Bonchev–Trinajstić information content (AvgIpc) is 3.15. The van der Waals surface area contributed by atoms with E-state index in [2.05, 4.69) is 15.2 Å². The molecule has 0 fully saturated rings. The predicted octanol–water partition coefficient (Wildman–Crippen LogP) is 5.17. The Morgan fingerprint density at radius 3 is 2.68 bits per heavy atom. The van der Waals surface area contributed by atoms with Crippen LogP contribution in [0.15, 0.2) is 54.7 Å². The first-order valence-electron chi connectivity index (χ1n) is 8.77. The van der Waals surface area contributed by atoms with E-state index < -0.39 is 5.97 Å². The van der Waals surface area contributed by atoms with E-state index in [4.69, 9.17) is 16.3 Å². The highest BCUT2D eigenvalue weighted by Crippen LogP contribution is 2.37. The molecule has 0 saturated heterocycles. The van der Waals surface area contributed by atoms with Crippen molar-refractivity contribution in [2.45, 2.75) is 13.3 Å². The number of benzene rings is 1. The van der Waals surface area contributed by atoms with Gasteiger partial charge in [-0.3, -0.25) is 4.98 Å². The van der Waals surface area contributed by atoms with Crippen LogP contribution in [0.5, 0.6) is 0 Å². The maximum atomic E-state index is 12.4. The average molecular weight is 410 g/mol. The SMILES string of the molecule is CCOC(=O)c1nnc(Cc2ccccn2)c2cc(-c3ccc(Cl)cc3)sc12. The molecule has 0 spiro atoms. The van der Waals surface area contributed by atoms with Crippen LogP contribution in [0, 0.1) is 0 Å². The van der Waals surface area contributed by atoms with Crippen LogP contribution in [0.1, 0.15) is 28.8 Å². The fraction of sp³-hybridized carbons (Fsp3) is 0.143. The first-order valence-corrected chi connectivity index (χ1v) is 9.97. The number of carbonyl (C=O) groups excluding carboxylic acids is 1. The van der Waals surface area contributed by atoms with Crippen molar-refractivity contribution >= 4 is 39.0 Å².